The average Bonchev–Trinajstić information content (AvgIpc) is 2.40. The maximum absolute atomic E-state index is 5.52. The number of morpholine rings is 1. The number of hydrogen-bond acceptors (Lipinski definition) is 4. The molecule has 0 N–H and O–H groups in total. The summed E-state index contributed by atoms with van der Waals surface area (Å²) in [5, 5.41) is 0. The highest BCUT2D eigenvalue weighted by Crippen LogP contribution is 2.32. The molecule has 1 aliphatic rings. The predicted octanol–water partition coefficient (Wildman–Crippen LogP) is 1.84. The Morgan fingerprint density at radius 2 is 1.89 bits per heavy atom. The van der Waals surface area contributed by atoms with Crippen LogP contribution in [0.4, 0.5) is 0 Å². The first-order valence-corrected chi connectivity index (χ1v) is 6.27. The largest absolute Gasteiger partial charge is 0.496 e. The Kier molecular flexibility index (Phi) is 4.44. The van der Waals surface area contributed by atoms with Gasteiger partial charge in [-0.25, -0.2) is 0 Å². The van der Waals surface area contributed by atoms with E-state index in [1.807, 2.05) is 13.0 Å². The quantitative estimate of drug-likeness (QED) is 0.817. The molecule has 1 saturated heterocycles. The maximum atomic E-state index is 5.52. The zero-order valence-corrected chi connectivity index (χ0v) is 11.4. The van der Waals surface area contributed by atoms with Crippen LogP contribution in [0.5, 0.6) is 11.5 Å². The predicted molar refractivity (Wildman–Crippen MR) is 70.4 cm³/mol. The average molecular weight is 251 g/mol. The summed E-state index contributed by atoms with van der Waals surface area (Å²) in [6.07, 6.45) is 0. The molecule has 1 aromatic rings. The number of nitrogens with zero attached hydrogens (tertiary/aromatic N) is 1. The second-order valence-electron chi connectivity index (χ2n) is 4.47. The molecule has 0 unspecified atom stereocenters. The van der Waals surface area contributed by atoms with Gasteiger partial charge in [0.15, 0.2) is 0 Å². The molecule has 0 amide bonds. The van der Waals surface area contributed by atoms with Gasteiger partial charge in [-0.05, 0) is 13.0 Å². The minimum absolute atomic E-state index is 0.817. The molecule has 0 atom stereocenters. The van der Waals surface area contributed by atoms with E-state index in [2.05, 4.69) is 11.0 Å². The van der Waals surface area contributed by atoms with Gasteiger partial charge in [-0.2, -0.15) is 0 Å². The second kappa shape index (κ2) is 6.07. The molecule has 0 aromatic heterocycles. The topological polar surface area (TPSA) is 30.9 Å². The van der Waals surface area contributed by atoms with Gasteiger partial charge in [-0.3, -0.25) is 4.90 Å². The van der Waals surface area contributed by atoms with Crippen molar-refractivity contribution in [1.29, 1.82) is 0 Å². The van der Waals surface area contributed by atoms with Gasteiger partial charge in [0.1, 0.15) is 11.5 Å². The number of rotatable bonds is 4. The molecule has 4 heteroatoms. The lowest BCUT2D eigenvalue weighted by atomic mass is 10.1. The van der Waals surface area contributed by atoms with Crippen molar-refractivity contribution in [1.82, 2.24) is 4.90 Å². The van der Waals surface area contributed by atoms with Crippen molar-refractivity contribution in [2.45, 2.75) is 13.5 Å². The van der Waals surface area contributed by atoms with Gasteiger partial charge in [-0.1, -0.05) is 6.07 Å². The van der Waals surface area contributed by atoms with Crippen molar-refractivity contribution < 1.29 is 14.2 Å². The Morgan fingerprint density at radius 3 is 2.50 bits per heavy atom. The van der Waals surface area contributed by atoms with E-state index >= 15 is 0 Å². The molecular formula is C14H21NO3. The Balaban J connectivity index is 2.18. The Bertz CT molecular complexity index is 400. The van der Waals surface area contributed by atoms with Crippen LogP contribution in [-0.4, -0.2) is 45.4 Å². The third kappa shape index (κ3) is 2.76. The van der Waals surface area contributed by atoms with E-state index < -0.39 is 0 Å². The third-order valence-electron chi connectivity index (χ3n) is 3.36. The Labute approximate surface area is 108 Å². The summed E-state index contributed by atoms with van der Waals surface area (Å²) in [5.41, 5.74) is 2.27. The van der Waals surface area contributed by atoms with Crippen LogP contribution in [0.25, 0.3) is 0 Å². The van der Waals surface area contributed by atoms with E-state index in [4.69, 9.17) is 14.2 Å². The smallest absolute Gasteiger partial charge is 0.129 e. The zero-order valence-electron chi connectivity index (χ0n) is 11.4. The SMILES string of the molecule is COc1ccc(CN2CCOCC2)c(OC)c1C. The molecule has 1 heterocycles. The van der Waals surface area contributed by atoms with E-state index in [9.17, 15) is 0 Å². The standard InChI is InChI=1S/C14H21NO3/c1-11-13(16-2)5-4-12(14(11)17-3)10-15-6-8-18-9-7-15/h4-5H,6-10H2,1-3H3. The van der Waals surface area contributed by atoms with Crippen molar-refractivity contribution in [3.05, 3.63) is 23.3 Å². The molecular weight excluding hydrogens is 230 g/mol. The van der Waals surface area contributed by atoms with Gasteiger partial charge < -0.3 is 14.2 Å². The van der Waals surface area contributed by atoms with Gasteiger partial charge in [0.25, 0.3) is 0 Å². The van der Waals surface area contributed by atoms with E-state index in [-0.39, 0.29) is 0 Å². The molecule has 4 nitrogen and oxygen atoms in total. The van der Waals surface area contributed by atoms with Crippen LogP contribution in [0.3, 0.4) is 0 Å². The fourth-order valence-electron chi connectivity index (χ4n) is 2.36. The van der Waals surface area contributed by atoms with Crippen LogP contribution < -0.4 is 9.47 Å². The molecule has 1 fully saturated rings. The minimum atomic E-state index is 0.817. The number of benzene rings is 1. The van der Waals surface area contributed by atoms with Gasteiger partial charge in [-0.15, -0.1) is 0 Å². The number of ether oxygens (including phenoxy) is 3. The first-order chi connectivity index (χ1) is 8.76. The summed E-state index contributed by atoms with van der Waals surface area (Å²) in [4.78, 5) is 2.38. The van der Waals surface area contributed by atoms with E-state index in [1.54, 1.807) is 14.2 Å². The summed E-state index contributed by atoms with van der Waals surface area (Å²) in [5.74, 6) is 1.80. The van der Waals surface area contributed by atoms with Crippen molar-refractivity contribution in [3.63, 3.8) is 0 Å². The first kappa shape index (κ1) is 13.2. The summed E-state index contributed by atoms with van der Waals surface area (Å²) in [6, 6.07) is 4.09. The first-order valence-electron chi connectivity index (χ1n) is 6.27. The lowest BCUT2D eigenvalue weighted by molar-refractivity contribution is 0.0338. The van der Waals surface area contributed by atoms with Gasteiger partial charge in [0, 0.05) is 30.8 Å². The Hall–Kier alpha value is -1.26. The monoisotopic (exact) mass is 251 g/mol. The number of methoxy groups -OCH3 is 2. The summed E-state index contributed by atoms with van der Waals surface area (Å²) >= 11 is 0. The zero-order chi connectivity index (χ0) is 13.0. The van der Waals surface area contributed by atoms with Crippen molar-refractivity contribution in [2.24, 2.45) is 0 Å². The van der Waals surface area contributed by atoms with Gasteiger partial charge in [0.2, 0.25) is 0 Å². The normalized spacial score (nSPS) is 16.6. The molecule has 1 aliphatic heterocycles. The molecule has 1 aromatic carbocycles. The van der Waals surface area contributed by atoms with E-state index in [0.717, 1.165) is 49.9 Å². The van der Waals surface area contributed by atoms with Crippen LogP contribution >= 0.6 is 0 Å². The van der Waals surface area contributed by atoms with Crippen LogP contribution in [0.2, 0.25) is 0 Å². The van der Waals surface area contributed by atoms with Crippen LogP contribution in [-0.2, 0) is 11.3 Å². The van der Waals surface area contributed by atoms with Crippen LogP contribution in [0.1, 0.15) is 11.1 Å². The van der Waals surface area contributed by atoms with Gasteiger partial charge in [0.05, 0.1) is 27.4 Å². The molecule has 2 rings (SSSR count). The number of hydrogen-bond donors (Lipinski definition) is 0. The lowest BCUT2D eigenvalue weighted by Crippen LogP contribution is -2.35. The molecule has 0 bridgehead atoms. The Morgan fingerprint density at radius 1 is 1.17 bits per heavy atom. The fraction of sp³-hybridized carbons (Fsp3) is 0.571. The van der Waals surface area contributed by atoms with E-state index in [1.165, 1.54) is 5.56 Å². The second-order valence-corrected chi connectivity index (χ2v) is 4.47. The van der Waals surface area contributed by atoms with Crippen LogP contribution in [0, 0.1) is 6.92 Å². The summed E-state index contributed by atoms with van der Waals surface area (Å²) in [6.45, 7) is 6.52. The molecule has 0 radical (unpaired) electrons. The fourth-order valence-corrected chi connectivity index (χ4v) is 2.36. The maximum Gasteiger partial charge on any atom is 0.129 e. The molecule has 0 aliphatic carbocycles. The molecule has 0 saturated carbocycles. The highest BCUT2D eigenvalue weighted by Gasteiger charge is 2.16. The van der Waals surface area contributed by atoms with Crippen molar-refractivity contribution in [3.8, 4) is 11.5 Å². The van der Waals surface area contributed by atoms with Crippen molar-refractivity contribution in [2.75, 3.05) is 40.5 Å². The minimum Gasteiger partial charge on any atom is -0.496 e. The van der Waals surface area contributed by atoms with Crippen molar-refractivity contribution >= 4 is 0 Å². The lowest BCUT2D eigenvalue weighted by Gasteiger charge is -2.27. The highest BCUT2D eigenvalue weighted by atomic mass is 16.5. The highest BCUT2D eigenvalue weighted by molar-refractivity contribution is 5.49. The van der Waals surface area contributed by atoms with Crippen LogP contribution in [0.15, 0.2) is 12.1 Å². The summed E-state index contributed by atoms with van der Waals surface area (Å²) in [7, 11) is 3.40. The molecule has 18 heavy (non-hydrogen) atoms. The molecule has 100 valence electrons. The third-order valence-corrected chi connectivity index (χ3v) is 3.36. The molecule has 0 spiro atoms. The van der Waals surface area contributed by atoms with E-state index in [0.29, 0.717) is 0 Å². The summed E-state index contributed by atoms with van der Waals surface area (Å²) < 4.78 is 16.2. The van der Waals surface area contributed by atoms with Gasteiger partial charge >= 0.3 is 0 Å².